The number of nitrogens with one attached hydrogen (secondary N) is 1. The molecule has 0 aliphatic rings. The minimum absolute atomic E-state index is 0.00602. The molecular formula is C12H13N3O4. The largest absolute Gasteiger partial charge is 0.387 e. The van der Waals surface area contributed by atoms with Gasteiger partial charge in [0.1, 0.15) is 6.26 Å². The average Bonchev–Trinajstić information content (AvgIpc) is 2.92. The van der Waals surface area contributed by atoms with Gasteiger partial charge in [-0.15, -0.1) is 0 Å². The predicted octanol–water partition coefficient (Wildman–Crippen LogP) is 1.41. The minimum atomic E-state index is -0.729. The van der Waals surface area contributed by atoms with E-state index in [2.05, 4.69) is 15.0 Å². The van der Waals surface area contributed by atoms with Crippen molar-refractivity contribution < 1.29 is 14.6 Å². The molecule has 2 rings (SSSR count). The van der Waals surface area contributed by atoms with Crippen LogP contribution in [0.15, 0.2) is 41.1 Å². The number of hydrogen-bond acceptors (Lipinski definition) is 6. The topological polar surface area (TPSA) is 101 Å². The van der Waals surface area contributed by atoms with Gasteiger partial charge in [-0.3, -0.25) is 10.1 Å². The molecule has 0 saturated carbocycles. The number of aromatic nitrogens is 1. The van der Waals surface area contributed by atoms with Gasteiger partial charge in [0.05, 0.1) is 16.7 Å². The molecule has 7 nitrogen and oxygen atoms in total. The fourth-order valence-electron chi connectivity index (χ4n) is 1.60. The Labute approximate surface area is 109 Å². The lowest BCUT2D eigenvalue weighted by Crippen LogP contribution is -2.21. The van der Waals surface area contributed by atoms with Gasteiger partial charge in [-0.05, 0) is 17.7 Å². The third-order valence-corrected chi connectivity index (χ3v) is 2.62. The first-order valence-electron chi connectivity index (χ1n) is 5.69. The first kappa shape index (κ1) is 13.2. The van der Waals surface area contributed by atoms with E-state index >= 15 is 0 Å². The molecule has 7 heteroatoms. The number of rotatable bonds is 6. The Hall–Kier alpha value is -2.25. The lowest BCUT2D eigenvalue weighted by atomic mass is 10.1. The zero-order chi connectivity index (χ0) is 13.7. The Kier molecular flexibility index (Phi) is 4.22. The van der Waals surface area contributed by atoms with Crippen LogP contribution >= 0.6 is 0 Å². The Bertz CT molecular complexity index is 524. The van der Waals surface area contributed by atoms with Crippen LogP contribution in [0.25, 0.3) is 0 Å². The van der Waals surface area contributed by atoms with Crippen LogP contribution in [0.3, 0.4) is 0 Å². The quantitative estimate of drug-likeness (QED) is 0.603. The van der Waals surface area contributed by atoms with Crippen molar-refractivity contribution in [1.82, 2.24) is 10.5 Å². The molecule has 19 heavy (non-hydrogen) atoms. The predicted molar refractivity (Wildman–Crippen MR) is 66.3 cm³/mol. The summed E-state index contributed by atoms with van der Waals surface area (Å²) in [6.07, 6.45) is 0.747. The highest BCUT2D eigenvalue weighted by Crippen LogP contribution is 2.17. The maximum Gasteiger partial charge on any atom is 0.269 e. The lowest BCUT2D eigenvalue weighted by molar-refractivity contribution is -0.384. The van der Waals surface area contributed by atoms with Crippen molar-refractivity contribution in [2.24, 2.45) is 0 Å². The first-order chi connectivity index (χ1) is 9.16. The Morgan fingerprint density at radius 1 is 1.37 bits per heavy atom. The number of benzene rings is 1. The van der Waals surface area contributed by atoms with Crippen LogP contribution in [-0.2, 0) is 6.54 Å². The molecule has 1 heterocycles. The number of aliphatic hydroxyl groups excluding tert-OH is 1. The van der Waals surface area contributed by atoms with Gasteiger partial charge in [0.15, 0.2) is 0 Å². The lowest BCUT2D eigenvalue weighted by Gasteiger charge is -2.11. The summed E-state index contributed by atoms with van der Waals surface area (Å²) in [5.41, 5.74) is 1.38. The Balaban J connectivity index is 1.85. The standard InChI is InChI=1S/C12H13N3O4/c16-12(8-13-7-10-5-6-19-14-10)9-1-3-11(4-2-9)15(17)18/h1-6,12-13,16H,7-8H2. The van der Waals surface area contributed by atoms with E-state index in [-0.39, 0.29) is 5.69 Å². The summed E-state index contributed by atoms with van der Waals surface area (Å²) in [5.74, 6) is 0. The van der Waals surface area contributed by atoms with E-state index in [1.54, 1.807) is 18.2 Å². The van der Waals surface area contributed by atoms with Crippen molar-refractivity contribution in [3.63, 3.8) is 0 Å². The Morgan fingerprint density at radius 3 is 2.68 bits per heavy atom. The smallest absolute Gasteiger partial charge is 0.269 e. The van der Waals surface area contributed by atoms with Gasteiger partial charge in [0, 0.05) is 31.3 Å². The number of non-ortho nitro benzene ring substituents is 1. The van der Waals surface area contributed by atoms with Crippen molar-refractivity contribution in [2.45, 2.75) is 12.6 Å². The summed E-state index contributed by atoms with van der Waals surface area (Å²) in [5, 5.41) is 27.1. The van der Waals surface area contributed by atoms with Gasteiger partial charge >= 0.3 is 0 Å². The van der Waals surface area contributed by atoms with Crippen LogP contribution in [0.4, 0.5) is 5.69 Å². The molecular weight excluding hydrogens is 250 g/mol. The molecule has 2 aromatic rings. The molecule has 0 spiro atoms. The third-order valence-electron chi connectivity index (χ3n) is 2.62. The molecule has 0 radical (unpaired) electrons. The van der Waals surface area contributed by atoms with E-state index in [4.69, 9.17) is 0 Å². The zero-order valence-corrected chi connectivity index (χ0v) is 10.0. The molecule has 100 valence electrons. The molecule has 1 unspecified atom stereocenters. The average molecular weight is 263 g/mol. The molecule has 0 aliphatic heterocycles. The fraction of sp³-hybridized carbons (Fsp3) is 0.250. The maximum absolute atomic E-state index is 10.5. The van der Waals surface area contributed by atoms with Crippen LogP contribution in [0.1, 0.15) is 17.4 Å². The molecule has 1 aromatic carbocycles. The summed E-state index contributed by atoms with van der Waals surface area (Å²) in [6.45, 7) is 0.811. The SMILES string of the molecule is O=[N+]([O-])c1ccc(C(O)CNCc2ccon2)cc1. The Morgan fingerprint density at radius 2 is 2.11 bits per heavy atom. The summed E-state index contributed by atoms with van der Waals surface area (Å²) < 4.78 is 4.68. The zero-order valence-electron chi connectivity index (χ0n) is 10.0. The van der Waals surface area contributed by atoms with Crippen LogP contribution < -0.4 is 5.32 Å². The van der Waals surface area contributed by atoms with Gasteiger partial charge in [-0.2, -0.15) is 0 Å². The molecule has 0 saturated heterocycles. The number of nitro benzene ring substituents is 1. The minimum Gasteiger partial charge on any atom is -0.387 e. The maximum atomic E-state index is 10.5. The summed E-state index contributed by atoms with van der Waals surface area (Å²) in [7, 11) is 0. The molecule has 2 N–H and O–H groups in total. The van der Waals surface area contributed by atoms with E-state index in [0.717, 1.165) is 5.69 Å². The molecule has 0 bridgehead atoms. The highest BCUT2D eigenvalue weighted by Gasteiger charge is 2.10. The van der Waals surface area contributed by atoms with Crippen LogP contribution in [0, 0.1) is 10.1 Å². The second-order valence-electron chi connectivity index (χ2n) is 3.99. The van der Waals surface area contributed by atoms with Gasteiger partial charge < -0.3 is 14.9 Å². The molecule has 0 aliphatic carbocycles. The van der Waals surface area contributed by atoms with Crippen LogP contribution in [0.5, 0.6) is 0 Å². The van der Waals surface area contributed by atoms with E-state index in [1.807, 2.05) is 0 Å². The molecule has 0 amide bonds. The van der Waals surface area contributed by atoms with Crippen molar-refractivity contribution in [3.8, 4) is 0 Å². The highest BCUT2D eigenvalue weighted by molar-refractivity contribution is 5.33. The van der Waals surface area contributed by atoms with Crippen molar-refractivity contribution >= 4 is 5.69 Å². The second kappa shape index (κ2) is 6.07. The summed E-state index contributed by atoms with van der Waals surface area (Å²) in [4.78, 5) is 10.0. The third kappa shape index (κ3) is 3.60. The van der Waals surface area contributed by atoms with Crippen LogP contribution in [0.2, 0.25) is 0 Å². The summed E-state index contributed by atoms with van der Waals surface area (Å²) >= 11 is 0. The second-order valence-corrected chi connectivity index (χ2v) is 3.99. The molecule has 1 atom stereocenters. The van der Waals surface area contributed by atoms with Gasteiger partial charge in [-0.25, -0.2) is 0 Å². The van der Waals surface area contributed by atoms with E-state index in [1.165, 1.54) is 18.4 Å². The number of hydrogen-bond donors (Lipinski definition) is 2. The summed E-state index contributed by atoms with van der Waals surface area (Å²) in [6, 6.07) is 7.55. The molecule has 0 fully saturated rings. The monoisotopic (exact) mass is 263 g/mol. The van der Waals surface area contributed by atoms with E-state index in [9.17, 15) is 15.2 Å². The van der Waals surface area contributed by atoms with Gasteiger partial charge in [-0.1, -0.05) is 5.16 Å². The molecule has 1 aromatic heterocycles. The van der Waals surface area contributed by atoms with Gasteiger partial charge in [0.2, 0.25) is 0 Å². The number of aliphatic hydroxyl groups is 1. The number of nitrogens with zero attached hydrogens (tertiary/aromatic N) is 2. The van der Waals surface area contributed by atoms with E-state index in [0.29, 0.717) is 18.7 Å². The van der Waals surface area contributed by atoms with Crippen molar-refractivity contribution in [2.75, 3.05) is 6.54 Å². The normalized spacial score (nSPS) is 12.3. The number of nitro groups is 1. The van der Waals surface area contributed by atoms with E-state index < -0.39 is 11.0 Å². The fourth-order valence-corrected chi connectivity index (χ4v) is 1.60. The van der Waals surface area contributed by atoms with Gasteiger partial charge in [0.25, 0.3) is 5.69 Å². The highest BCUT2D eigenvalue weighted by atomic mass is 16.6. The van der Waals surface area contributed by atoms with Crippen molar-refractivity contribution in [3.05, 3.63) is 58.0 Å². The van der Waals surface area contributed by atoms with Crippen LogP contribution in [-0.4, -0.2) is 21.7 Å². The first-order valence-corrected chi connectivity index (χ1v) is 5.69. The van der Waals surface area contributed by atoms with Crippen molar-refractivity contribution in [1.29, 1.82) is 0 Å².